The van der Waals surface area contributed by atoms with Gasteiger partial charge in [-0.05, 0) is 48.0 Å². The Kier molecular flexibility index (Phi) is 6.35. The van der Waals surface area contributed by atoms with E-state index in [1.807, 2.05) is 0 Å². The number of hydrogen-bond acceptors (Lipinski definition) is 4. The SMILES string of the molecule is CS(=O)(=O)c1cccc(CNC(=O)c2cc(C(F)(F)F)ccc2Oc2ccccc2)c1. The molecule has 162 valence electrons. The number of amides is 1. The number of sulfone groups is 1. The van der Waals surface area contributed by atoms with E-state index in [0.717, 1.165) is 24.5 Å². The van der Waals surface area contributed by atoms with Crippen molar-refractivity contribution in [2.45, 2.75) is 17.6 Å². The number of para-hydroxylation sites is 1. The van der Waals surface area contributed by atoms with E-state index in [4.69, 9.17) is 4.74 Å². The molecule has 9 heteroatoms. The van der Waals surface area contributed by atoms with Gasteiger partial charge >= 0.3 is 6.18 Å². The molecule has 0 unspecified atom stereocenters. The first-order valence-corrected chi connectivity index (χ1v) is 10.9. The second-order valence-electron chi connectivity index (χ2n) is 6.73. The molecule has 0 fully saturated rings. The van der Waals surface area contributed by atoms with E-state index in [2.05, 4.69) is 5.32 Å². The van der Waals surface area contributed by atoms with E-state index in [9.17, 15) is 26.4 Å². The van der Waals surface area contributed by atoms with Crippen molar-refractivity contribution in [2.24, 2.45) is 0 Å². The Morgan fingerprint density at radius 2 is 1.68 bits per heavy atom. The van der Waals surface area contributed by atoms with Crippen LogP contribution in [0.2, 0.25) is 0 Å². The Bertz CT molecular complexity index is 1190. The highest BCUT2D eigenvalue weighted by molar-refractivity contribution is 7.90. The van der Waals surface area contributed by atoms with E-state index < -0.39 is 27.5 Å². The first-order chi connectivity index (χ1) is 14.5. The summed E-state index contributed by atoms with van der Waals surface area (Å²) in [6.45, 7) is -0.0801. The van der Waals surface area contributed by atoms with Crippen LogP contribution in [0.25, 0.3) is 0 Å². The van der Waals surface area contributed by atoms with Crippen LogP contribution < -0.4 is 10.1 Å². The van der Waals surface area contributed by atoms with E-state index in [0.29, 0.717) is 11.3 Å². The number of alkyl halides is 3. The highest BCUT2D eigenvalue weighted by Gasteiger charge is 2.32. The van der Waals surface area contributed by atoms with Gasteiger partial charge < -0.3 is 10.1 Å². The molecular formula is C22H18F3NO4S. The summed E-state index contributed by atoms with van der Waals surface area (Å²) < 4.78 is 68.5. The van der Waals surface area contributed by atoms with Crippen molar-refractivity contribution >= 4 is 15.7 Å². The molecule has 5 nitrogen and oxygen atoms in total. The van der Waals surface area contributed by atoms with Crippen molar-refractivity contribution in [2.75, 3.05) is 6.26 Å². The molecule has 3 aromatic carbocycles. The van der Waals surface area contributed by atoms with Crippen molar-refractivity contribution in [3.8, 4) is 11.5 Å². The van der Waals surface area contributed by atoms with Gasteiger partial charge in [0.1, 0.15) is 11.5 Å². The lowest BCUT2D eigenvalue weighted by molar-refractivity contribution is -0.137. The van der Waals surface area contributed by atoms with Crippen LogP contribution in [0.15, 0.2) is 77.7 Å². The van der Waals surface area contributed by atoms with Gasteiger partial charge in [-0.1, -0.05) is 30.3 Å². The molecule has 0 atom stereocenters. The van der Waals surface area contributed by atoms with Crippen LogP contribution in [0, 0.1) is 0 Å². The maximum Gasteiger partial charge on any atom is 0.416 e. The average molecular weight is 449 g/mol. The number of hydrogen-bond donors (Lipinski definition) is 1. The number of carbonyl (C=O) groups excluding carboxylic acids is 1. The molecule has 0 aliphatic rings. The molecule has 0 radical (unpaired) electrons. The summed E-state index contributed by atoms with van der Waals surface area (Å²) in [6.07, 6.45) is -3.58. The zero-order valence-electron chi connectivity index (χ0n) is 16.3. The second-order valence-corrected chi connectivity index (χ2v) is 8.74. The predicted molar refractivity (Wildman–Crippen MR) is 109 cm³/mol. The minimum absolute atomic E-state index is 0.0402. The van der Waals surface area contributed by atoms with Crippen LogP contribution in [0.1, 0.15) is 21.5 Å². The Labute approximate surface area is 177 Å². The molecule has 0 aliphatic heterocycles. The van der Waals surface area contributed by atoms with Crippen molar-refractivity contribution in [3.63, 3.8) is 0 Å². The Balaban J connectivity index is 1.87. The summed E-state index contributed by atoms with van der Waals surface area (Å²) in [5.41, 5.74) is -0.802. The second kappa shape index (κ2) is 8.81. The van der Waals surface area contributed by atoms with Gasteiger partial charge in [-0.2, -0.15) is 13.2 Å². The van der Waals surface area contributed by atoms with Crippen LogP contribution in [-0.2, 0) is 22.6 Å². The third-order valence-electron chi connectivity index (χ3n) is 4.30. The van der Waals surface area contributed by atoms with Gasteiger partial charge in [0.05, 0.1) is 16.0 Å². The summed E-state index contributed by atoms with van der Waals surface area (Å²) in [5.74, 6) is -0.472. The van der Waals surface area contributed by atoms with Gasteiger partial charge in [-0.15, -0.1) is 0 Å². The number of benzene rings is 3. The van der Waals surface area contributed by atoms with E-state index >= 15 is 0 Å². The van der Waals surface area contributed by atoms with Crippen LogP contribution in [0.5, 0.6) is 11.5 Å². The molecule has 0 heterocycles. The van der Waals surface area contributed by atoms with Crippen molar-refractivity contribution < 1.29 is 31.1 Å². The molecular weight excluding hydrogens is 431 g/mol. The first kappa shape index (κ1) is 22.4. The topological polar surface area (TPSA) is 72.5 Å². The number of nitrogens with one attached hydrogen (secondary N) is 1. The third-order valence-corrected chi connectivity index (χ3v) is 5.41. The van der Waals surface area contributed by atoms with Gasteiger partial charge in [-0.3, -0.25) is 4.79 Å². The monoisotopic (exact) mass is 449 g/mol. The van der Waals surface area contributed by atoms with Crippen molar-refractivity contribution in [3.05, 3.63) is 89.5 Å². The number of carbonyl (C=O) groups is 1. The lowest BCUT2D eigenvalue weighted by atomic mass is 10.1. The smallest absolute Gasteiger partial charge is 0.416 e. The first-order valence-electron chi connectivity index (χ1n) is 9.05. The minimum Gasteiger partial charge on any atom is -0.457 e. The van der Waals surface area contributed by atoms with Crippen LogP contribution >= 0.6 is 0 Å². The molecule has 0 aromatic heterocycles. The molecule has 31 heavy (non-hydrogen) atoms. The van der Waals surface area contributed by atoms with Crippen molar-refractivity contribution in [1.29, 1.82) is 0 Å². The number of ether oxygens (including phenoxy) is 1. The summed E-state index contributed by atoms with van der Waals surface area (Å²) in [4.78, 5) is 12.8. The Hall–Kier alpha value is -3.33. The minimum atomic E-state index is -4.63. The summed E-state index contributed by atoms with van der Waals surface area (Å²) in [6, 6.07) is 16.9. The molecule has 0 saturated heterocycles. The van der Waals surface area contributed by atoms with Gasteiger partial charge in [0.25, 0.3) is 5.91 Å². The summed E-state index contributed by atoms with van der Waals surface area (Å²) in [7, 11) is -3.44. The van der Waals surface area contributed by atoms with E-state index in [1.54, 1.807) is 36.4 Å². The molecule has 1 amide bonds. The number of halogens is 3. The molecule has 0 saturated carbocycles. The molecule has 0 aliphatic carbocycles. The van der Waals surface area contributed by atoms with Gasteiger partial charge in [0, 0.05) is 12.8 Å². The number of rotatable bonds is 6. The summed E-state index contributed by atoms with van der Waals surface area (Å²) >= 11 is 0. The van der Waals surface area contributed by atoms with Crippen LogP contribution in [-0.4, -0.2) is 20.6 Å². The maximum atomic E-state index is 13.2. The largest absolute Gasteiger partial charge is 0.457 e. The zero-order valence-corrected chi connectivity index (χ0v) is 17.1. The quantitative estimate of drug-likeness (QED) is 0.585. The van der Waals surface area contributed by atoms with Crippen LogP contribution in [0.4, 0.5) is 13.2 Å². The van der Waals surface area contributed by atoms with Crippen LogP contribution in [0.3, 0.4) is 0 Å². The lowest BCUT2D eigenvalue weighted by Gasteiger charge is -2.14. The predicted octanol–water partition coefficient (Wildman–Crippen LogP) is 4.83. The van der Waals surface area contributed by atoms with Gasteiger partial charge in [0.2, 0.25) is 0 Å². The average Bonchev–Trinajstić information content (AvgIpc) is 2.72. The third kappa shape index (κ3) is 5.85. The Morgan fingerprint density at radius 3 is 2.32 bits per heavy atom. The van der Waals surface area contributed by atoms with Crippen molar-refractivity contribution in [1.82, 2.24) is 5.32 Å². The van der Waals surface area contributed by atoms with E-state index in [-0.39, 0.29) is 22.8 Å². The summed E-state index contributed by atoms with van der Waals surface area (Å²) in [5, 5.41) is 2.52. The Morgan fingerprint density at radius 1 is 0.968 bits per heavy atom. The fraction of sp³-hybridized carbons (Fsp3) is 0.136. The maximum absolute atomic E-state index is 13.2. The van der Waals surface area contributed by atoms with E-state index in [1.165, 1.54) is 18.2 Å². The fourth-order valence-electron chi connectivity index (χ4n) is 2.75. The molecule has 3 rings (SSSR count). The molecule has 3 aromatic rings. The van der Waals surface area contributed by atoms with Gasteiger partial charge in [0.15, 0.2) is 9.84 Å². The highest BCUT2D eigenvalue weighted by Crippen LogP contribution is 2.34. The molecule has 0 spiro atoms. The fourth-order valence-corrected chi connectivity index (χ4v) is 3.44. The molecule has 0 bridgehead atoms. The zero-order chi connectivity index (χ0) is 22.6. The molecule has 1 N–H and O–H groups in total. The van der Waals surface area contributed by atoms with Gasteiger partial charge in [-0.25, -0.2) is 8.42 Å². The lowest BCUT2D eigenvalue weighted by Crippen LogP contribution is -2.24. The normalized spacial score (nSPS) is 11.7. The standard InChI is InChI=1S/C22H18F3NO4S/c1-31(28,29)18-9-5-6-15(12-18)14-26-21(27)19-13-16(22(23,24)25)10-11-20(19)30-17-7-3-2-4-8-17/h2-13H,14H2,1H3,(H,26,27). The highest BCUT2D eigenvalue weighted by atomic mass is 32.2.